The molecule has 6 heteroatoms. The van der Waals surface area contributed by atoms with E-state index in [1.54, 1.807) is 19.2 Å². The quantitative estimate of drug-likeness (QED) is 0.539. The Hall–Kier alpha value is -2.99. The maximum Gasteiger partial charge on any atom is 0.335 e. The minimum atomic E-state index is -0.922. The van der Waals surface area contributed by atoms with Crippen molar-refractivity contribution in [3.8, 4) is 11.5 Å². The summed E-state index contributed by atoms with van der Waals surface area (Å²) in [6, 6.07) is 11.1. The van der Waals surface area contributed by atoms with Crippen molar-refractivity contribution in [1.82, 2.24) is 4.98 Å². The average Bonchev–Trinajstić information content (AvgIpc) is 3.27. The van der Waals surface area contributed by atoms with Crippen LogP contribution in [0, 0.1) is 6.92 Å². The molecule has 3 atom stereocenters. The molecule has 2 N–H and O–H groups in total. The molecule has 0 bridgehead atoms. The first-order valence-corrected chi connectivity index (χ1v) is 10.8. The molecule has 0 amide bonds. The molecule has 1 saturated carbocycles. The van der Waals surface area contributed by atoms with Crippen molar-refractivity contribution in [2.24, 2.45) is 0 Å². The van der Waals surface area contributed by atoms with Crippen LogP contribution in [0.3, 0.4) is 0 Å². The largest absolute Gasteiger partial charge is 0.493 e. The highest BCUT2D eigenvalue weighted by molar-refractivity contribution is 5.91. The van der Waals surface area contributed by atoms with Gasteiger partial charge < -0.3 is 24.3 Å². The summed E-state index contributed by atoms with van der Waals surface area (Å²) in [7, 11) is 1.66. The molecule has 4 rings (SSSR count). The monoisotopic (exact) mass is 423 g/mol. The van der Waals surface area contributed by atoms with Crippen LogP contribution in [-0.4, -0.2) is 42.0 Å². The fraction of sp³-hybridized carbons (Fsp3) is 0.400. The van der Waals surface area contributed by atoms with Crippen LogP contribution in [0.2, 0.25) is 0 Å². The van der Waals surface area contributed by atoms with Crippen LogP contribution in [0.25, 0.3) is 10.9 Å². The van der Waals surface area contributed by atoms with Crippen LogP contribution in [0.4, 0.5) is 0 Å². The third kappa shape index (κ3) is 4.26. The number of rotatable bonds is 7. The van der Waals surface area contributed by atoms with Crippen molar-refractivity contribution in [3.05, 3.63) is 59.3 Å². The number of aromatic carboxylic acids is 1. The molecule has 0 aliphatic heterocycles. The summed E-state index contributed by atoms with van der Waals surface area (Å²) in [4.78, 5) is 14.6. The Balaban J connectivity index is 1.69. The molecule has 2 aromatic carbocycles. The van der Waals surface area contributed by atoms with E-state index in [-0.39, 0.29) is 23.7 Å². The van der Waals surface area contributed by atoms with E-state index < -0.39 is 5.97 Å². The Labute approximate surface area is 182 Å². The molecule has 0 spiro atoms. The molecule has 6 nitrogen and oxygen atoms in total. The predicted molar refractivity (Wildman–Crippen MR) is 119 cm³/mol. The molecule has 31 heavy (non-hydrogen) atoms. The van der Waals surface area contributed by atoms with Gasteiger partial charge in [-0.25, -0.2) is 4.79 Å². The summed E-state index contributed by atoms with van der Waals surface area (Å²) in [5.41, 5.74) is 3.50. The average molecular weight is 424 g/mol. The van der Waals surface area contributed by atoms with Gasteiger partial charge in [0, 0.05) is 24.1 Å². The second-order valence-electron chi connectivity index (χ2n) is 8.07. The van der Waals surface area contributed by atoms with Crippen LogP contribution in [0.5, 0.6) is 11.5 Å². The summed E-state index contributed by atoms with van der Waals surface area (Å²) in [5.74, 6) is 0.635. The van der Waals surface area contributed by atoms with Gasteiger partial charge in [0.1, 0.15) is 6.10 Å². The van der Waals surface area contributed by atoms with Crippen molar-refractivity contribution in [2.75, 3.05) is 13.7 Å². The topological polar surface area (TPSA) is 80.8 Å². The highest BCUT2D eigenvalue weighted by atomic mass is 16.5. The van der Waals surface area contributed by atoms with Gasteiger partial charge >= 0.3 is 5.97 Å². The van der Waals surface area contributed by atoms with Gasteiger partial charge in [0.2, 0.25) is 0 Å². The van der Waals surface area contributed by atoms with Gasteiger partial charge in [-0.2, -0.15) is 0 Å². The minimum Gasteiger partial charge on any atom is -0.493 e. The van der Waals surface area contributed by atoms with Crippen molar-refractivity contribution in [2.45, 2.75) is 51.2 Å². The maximum absolute atomic E-state index is 11.3. The fourth-order valence-electron chi connectivity index (χ4n) is 4.63. The zero-order valence-electron chi connectivity index (χ0n) is 18.2. The number of nitrogens with one attached hydrogen (secondary N) is 1. The second kappa shape index (κ2) is 9.02. The fourth-order valence-corrected chi connectivity index (χ4v) is 4.63. The molecule has 0 unspecified atom stereocenters. The molecular weight excluding hydrogens is 394 g/mol. The Bertz CT molecular complexity index is 1060. The van der Waals surface area contributed by atoms with E-state index in [0.717, 1.165) is 52.8 Å². The zero-order chi connectivity index (χ0) is 22.0. The number of fused-ring (bicyclic) bond motifs is 1. The van der Waals surface area contributed by atoms with E-state index in [9.17, 15) is 9.90 Å². The third-order valence-electron chi connectivity index (χ3n) is 6.17. The number of hydrogen-bond acceptors (Lipinski definition) is 4. The van der Waals surface area contributed by atoms with E-state index in [0.29, 0.717) is 6.61 Å². The lowest BCUT2D eigenvalue weighted by Gasteiger charge is -2.36. The van der Waals surface area contributed by atoms with Gasteiger partial charge in [-0.3, -0.25) is 0 Å². The summed E-state index contributed by atoms with van der Waals surface area (Å²) in [6.07, 6.45) is 4.61. The number of benzene rings is 2. The van der Waals surface area contributed by atoms with E-state index >= 15 is 0 Å². The molecule has 1 aliphatic carbocycles. The van der Waals surface area contributed by atoms with Gasteiger partial charge in [-0.1, -0.05) is 12.1 Å². The molecule has 3 aromatic rings. The van der Waals surface area contributed by atoms with Gasteiger partial charge in [0.15, 0.2) is 11.5 Å². The van der Waals surface area contributed by atoms with E-state index in [4.69, 9.17) is 14.2 Å². The van der Waals surface area contributed by atoms with Crippen molar-refractivity contribution < 1.29 is 24.1 Å². The lowest BCUT2D eigenvalue weighted by molar-refractivity contribution is -0.00249. The summed E-state index contributed by atoms with van der Waals surface area (Å²) in [6.45, 7) is 4.74. The number of H-pyrrole nitrogens is 1. The first-order valence-electron chi connectivity index (χ1n) is 10.8. The highest BCUT2D eigenvalue weighted by Crippen LogP contribution is 2.43. The number of methoxy groups -OCH3 is 1. The van der Waals surface area contributed by atoms with Crippen molar-refractivity contribution in [1.29, 1.82) is 0 Å². The number of aromatic nitrogens is 1. The van der Waals surface area contributed by atoms with Crippen LogP contribution in [-0.2, 0) is 4.74 Å². The lowest BCUT2D eigenvalue weighted by Crippen LogP contribution is -2.35. The molecular formula is C25H29NO5. The first-order chi connectivity index (χ1) is 15.0. The summed E-state index contributed by atoms with van der Waals surface area (Å²) >= 11 is 0. The van der Waals surface area contributed by atoms with Gasteiger partial charge in [0.25, 0.3) is 0 Å². The third-order valence-corrected chi connectivity index (χ3v) is 6.17. The molecule has 1 aromatic heterocycles. The van der Waals surface area contributed by atoms with Crippen LogP contribution in [0.15, 0.2) is 42.6 Å². The highest BCUT2D eigenvalue weighted by Gasteiger charge is 2.34. The van der Waals surface area contributed by atoms with Gasteiger partial charge in [-0.15, -0.1) is 0 Å². The van der Waals surface area contributed by atoms with Crippen LogP contribution in [0.1, 0.15) is 53.6 Å². The van der Waals surface area contributed by atoms with E-state index in [2.05, 4.69) is 4.98 Å². The van der Waals surface area contributed by atoms with Crippen molar-refractivity contribution in [3.63, 3.8) is 0 Å². The maximum atomic E-state index is 11.3. The number of aromatic amines is 1. The summed E-state index contributed by atoms with van der Waals surface area (Å²) in [5, 5.41) is 10.2. The first kappa shape index (κ1) is 21.2. The van der Waals surface area contributed by atoms with E-state index in [1.807, 2.05) is 44.3 Å². The van der Waals surface area contributed by atoms with Crippen molar-refractivity contribution >= 4 is 16.9 Å². The Kier molecular flexibility index (Phi) is 6.18. The molecule has 1 aliphatic rings. The molecule has 164 valence electrons. The number of carbonyl (C=O) groups is 1. The van der Waals surface area contributed by atoms with Gasteiger partial charge in [0.05, 0.1) is 24.3 Å². The molecule has 1 fully saturated rings. The molecule has 0 saturated heterocycles. The Morgan fingerprint density at radius 1 is 1.19 bits per heavy atom. The number of ether oxygens (including phenoxy) is 3. The lowest BCUT2D eigenvalue weighted by atomic mass is 9.79. The Morgan fingerprint density at radius 2 is 1.97 bits per heavy atom. The number of aryl methyl sites for hydroxylation is 1. The zero-order valence-corrected chi connectivity index (χ0v) is 18.2. The summed E-state index contributed by atoms with van der Waals surface area (Å²) < 4.78 is 18.3. The smallest absolute Gasteiger partial charge is 0.335 e. The Morgan fingerprint density at radius 3 is 2.65 bits per heavy atom. The number of carboxylic acids is 1. The standard InChI is InChI=1S/C25H29NO5/c1-4-30-18-9-10-21(20(14-18)16-5-7-17(8-6-16)25(27)28)31-24-19-11-12-26-23(19)15(2)13-22(24)29-3/h5-8,11-13,18,20-21,26H,4,9-10,14H2,1-3H3,(H,27,28)/t18-,20+,21+/m0/s1. The molecule has 1 heterocycles. The minimum absolute atomic E-state index is 0.0675. The predicted octanol–water partition coefficient (Wildman–Crippen LogP) is 5.30. The van der Waals surface area contributed by atoms with E-state index in [1.165, 1.54) is 0 Å². The molecule has 0 radical (unpaired) electrons. The second-order valence-corrected chi connectivity index (χ2v) is 8.07. The number of carboxylic acid groups (broad SMARTS) is 1. The number of hydrogen-bond donors (Lipinski definition) is 2. The van der Waals surface area contributed by atoms with Gasteiger partial charge in [-0.05, 0) is 68.5 Å². The van der Waals surface area contributed by atoms with Crippen LogP contribution < -0.4 is 9.47 Å². The van der Waals surface area contributed by atoms with Crippen LogP contribution >= 0.6 is 0 Å². The SMILES string of the molecule is CCO[C@H]1CC[C@@H](Oc2c(OC)cc(C)c3[nH]ccc23)[C@@H](c2ccc(C(=O)O)cc2)C1. The normalized spacial score (nSPS) is 21.2.